The summed E-state index contributed by atoms with van der Waals surface area (Å²) in [4.78, 5) is 5.21. The van der Waals surface area contributed by atoms with Gasteiger partial charge in [-0.15, -0.1) is 11.8 Å². The van der Waals surface area contributed by atoms with Crippen LogP contribution in [0.1, 0.15) is 20.8 Å². The van der Waals surface area contributed by atoms with Crippen molar-refractivity contribution < 1.29 is 0 Å². The van der Waals surface area contributed by atoms with Crippen LogP contribution in [0.4, 0.5) is 0 Å². The van der Waals surface area contributed by atoms with Gasteiger partial charge in [0.1, 0.15) is 0 Å². The Morgan fingerprint density at radius 3 is 2.27 bits per heavy atom. The molecule has 0 fully saturated rings. The molecule has 2 heteroatoms. The van der Waals surface area contributed by atoms with Gasteiger partial charge in [0.05, 0.1) is 0 Å². The number of aromatic nitrogens is 1. The summed E-state index contributed by atoms with van der Waals surface area (Å²) in [6, 6.07) is 4.04. The molecule has 1 rings (SSSR count). The van der Waals surface area contributed by atoms with Gasteiger partial charge in [0.15, 0.2) is 0 Å². The molecule has 0 saturated heterocycles. The van der Waals surface area contributed by atoms with Crippen molar-refractivity contribution in [3.05, 3.63) is 24.5 Å². The first kappa shape index (κ1) is 10.5. The predicted molar refractivity (Wildman–Crippen MR) is 52.0 cm³/mol. The van der Waals surface area contributed by atoms with Gasteiger partial charge in [-0.25, -0.2) is 0 Å². The molecule has 0 unspecified atom stereocenters. The summed E-state index contributed by atoms with van der Waals surface area (Å²) in [5, 5.41) is 0. The molecule has 0 aromatic carbocycles. The number of rotatable bonds is 2. The minimum Gasteiger partial charge on any atom is -0.265 e. The third-order valence-corrected chi connectivity index (χ3v) is 1.85. The Hall–Kier alpha value is -0.500. The molecule has 0 bridgehead atoms. The predicted octanol–water partition coefficient (Wildman–Crippen LogP) is 3.22. The third-order valence-electron chi connectivity index (χ3n) is 0.961. The van der Waals surface area contributed by atoms with E-state index in [0.717, 1.165) is 5.75 Å². The van der Waals surface area contributed by atoms with E-state index >= 15 is 0 Å². The van der Waals surface area contributed by atoms with E-state index < -0.39 is 0 Å². The first-order chi connectivity index (χ1) is 5.43. The second-order valence-electron chi connectivity index (χ2n) is 1.62. The van der Waals surface area contributed by atoms with Gasteiger partial charge in [0, 0.05) is 17.3 Å². The Bertz CT molecular complexity index is 162. The quantitative estimate of drug-likeness (QED) is 0.630. The molecular weight excluding hydrogens is 154 g/mol. The Balaban J connectivity index is 0.000000461. The summed E-state index contributed by atoms with van der Waals surface area (Å²) in [6.45, 7) is 6.14. The van der Waals surface area contributed by atoms with Crippen LogP contribution in [0.3, 0.4) is 0 Å². The molecule has 0 aliphatic carbocycles. The average molecular weight is 169 g/mol. The van der Waals surface area contributed by atoms with Crippen LogP contribution in [0.5, 0.6) is 0 Å². The molecule has 62 valence electrons. The highest BCUT2D eigenvalue weighted by Crippen LogP contribution is 2.14. The maximum absolute atomic E-state index is 3.91. The number of hydrogen-bond donors (Lipinski definition) is 0. The van der Waals surface area contributed by atoms with Gasteiger partial charge < -0.3 is 0 Å². The highest BCUT2D eigenvalue weighted by molar-refractivity contribution is 7.99. The van der Waals surface area contributed by atoms with Crippen LogP contribution >= 0.6 is 11.8 Å². The zero-order valence-electron chi connectivity index (χ0n) is 7.37. The first-order valence-corrected chi connectivity index (χ1v) is 4.95. The van der Waals surface area contributed by atoms with E-state index in [4.69, 9.17) is 0 Å². The summed E-state index contributed by atoms with van der Waals surface area (Å²) < 4.78 is 0. The summed E-state index contributed by atoms with van der Waals surface area (Å²) in [6.07, 6.45) is 3.63. The van der Waals surface area contributed by atoms with Crippen LogP contribution in [0.15, 0.2) is 29.4 Å². The van der Waals surface area contributed by atoms with Crippen molar-refractivity contribution in [2.24, 2.45) is 0 Å². The van der Waals surface area contributed by atoms with E-state index in [1.54, 1.807) is 0 Å². The molecule has 0 amide bonds. The van der Waals surface area contributed by atoms with E-state index in [9.17, 15) is 0 Å². The van der Waals surface area contributed by atoms with Gasteiger partial charge in [-0.1, -0.05) is 20.8 Å². The van der Waals surface area contributed by atoms with E-state index in [0.29, 0.717) is 0 Å². The molecule has 1 aromatic rings. The lowest BCUT2D eigenvalue weighted by Crippen LogP contribution is -1.72. The van der Waals surface area contributed by atoms with Crippen molar-refractivity contribution in [2.75, 3.05) is 5.75 Å². The molecule has 11 heavy (non-hydrogen) atoms. The van der Waals surface area contributed by atoms with Gasteiger partial charge in [0.2, 0.25) is 0 Å². The average Bonchev–Trinajstić information content (AvgIpc) is 2.11. The summed E-state index contributed by atoms with van der Waals surface area (Å²) in [7, 11) is 0. The van der Waals surface area contributed by atoms with Gasteiger partial charge in [-0.05, 0) is 17.9 Å². The Morgan fingerprint density at radius 1 is 1.27 bits per heavy atom. The molecule has 0 N–H and O–H groups in total. The zero-order chi connectivity index (χ0) is 8.53. The van der Waals surface area contributed by atoms with E-state index in [1.807, 2.05) is 50.1 Å². The Kier molecular flexibility index (Phi) is 7.26. The van der Waals surface area contributed by atoms with Crippen LogP contribution in [-0.2, 0) is 0 Å². The van der Waals surface area contributed by atoms with Crippen LogP contribution < -0.4 is 0 Å². The molecule has 0 radical (unpaired) electrons. The van der Waals surface area contributed by atoms with Gasteiger partial charge in [-0.2, -0.15) is 0 Å². The van der Waals surface area contributed by atoms with E-state index in [1.165, 1.54) is 4.90 Å². The minimum atomic E-state index is 1.13. The summed E-state index contributed by atoms with van der Waals surface area (Å²) in [5.74, 6) is 1.13. The lowest BCUT2D eigenvalue weighted by molar-refractivity contribution is 1.26. The second kappa shape index (κ2) is 7.61. The van der Waals surface area contributed by atoms with Crippen LogP contribution in [0.2, 0.25) is 0 Å². The van der Waals surface area contributed by atoms with Gasteiger partial charge in [0.25, 0.3) is 0 Å². The van der Waals surface area contributed by atoms with Crippen molar-refractivity contribution in [1.29, 1.82) is 0 Å². The van der Waals surface area contributed by atoms with Crippen LogP contribution in [-0.4, -0.2) is 10.7 Å². The van der Waals surface area contributed by atoms with Gasteiger partial charge >= 0.3 is 0 Å². The third kappa shape index (κ3) is 4.85. The molecular formula is C9H15NS. The smallest absolute Gasteiger partial charge is 0.0278 e. The molecule has 0 spiro atoms. The van der Waals surface area contributed by atoms with Gasteiger partial charge in [-0.3, -0.25) is 4.98 Å². The van der Waals surface area contributed by atoms with Crippen molar-refractivity contribution >= 4 is 11.8 Å². The summed E-state index contributed by atoms with van der Waals surface area (Å²) in [5.41, 5.74) is 0. The lowest BCUT2D eigenvalue weighted by Gasteiger charge is -1.93. The van der Waals surface area contributed by atoms with Crippen molar-refractivity contribution in [1.82, 2.24) is 4.98 Å². The van der Waals surface area contributed by atoms with Crippen molar-refractivity contribution in [2.45, 2.75) is 25.7 Å². The maximum atomic E-state index is 3.91. The number of nitrogens with zero attached hydrogens (tertiary/aromatic N) is 1. The monoisotopic (exact) mass is 169 g/mol. The highest BCUT2D eigenvalue weighted by atomic mass is 32.2. The number of hydrogen-bond acceptors (Lipinski definition) is 2. The Morgan fingerprint density at radius 2 is 1.82 bits per heavy atom. The lowest BCUT2D eigenvalue weighted by atomic mass is 10.5. The first-order valence-electron chi connectivity index (χ1n) is 3.96. The SMILES string of the molecule is CC.CCSc1ccncc1. The fourth-order valence-electron chi connectivity index (χ4n) is 0.601. The molecule has 1 heterocycles. The molecule has 0 aliphatic heterocycles. The van der Waals surface area contributed by atoms with Crippen LogP contribution in [0.25, 0.3) is 0 Å². The molecule has 0 saturated carbocycles. The molecule has 0 atom stereocenters. The zero-order valence-corrected chi connectivity index (χ0v) is 8.19. The molecule has 1 nitrogen and oxygen atoms in total. The fourth-order valence-corrected chi connectivity index (χ4v) is 1.25. The Labute approximate surface area is 73.2 Å². The maximum Gasteiger partial charge on any atom is 0.0278 e. The van der Waals surface area contributed by atoms with E-state index in [-0.39, 0.29) is 0 Å². The van der Waals surface area contributed by atoms with Crippen LogP contribution in [0, 0.1) is 0 Å². The topological polar surface area (TPSA) is 12.9 Å². The standard InChI is InChI=1S/C7H9NS.C2H6/c1-2-9-7-3-5-8-6-4-7;1-2/h3-6H,2H2,1H3;1-2H3. The molecule has 1 aromatic heterocycles. The largest absolute Gasteiger partial charge is 0.265 e. The second-order valence-corrected chi connectivity index (χ2v) is 2.95. The van der Waals surface area contributed by atoms with Crippen molar-refractivity contribution in [3.63, 3.8) is 0 Å². The molecule has 0 aliphatic rings. The van der Waals surface area contributed by atoms with Crippen molar-refractivity contribution in [3.8, 4) is 0 Å². The van der Waals surface area contributed by atoms with E-state index in [2.05, 4.69) is 11.9 Å². The fraction of sp³-hybridized carbons (Fsp3) is 0.444. The highest BCUT2D eigenvalue weighted by Gasteiger charge is 1.85. The summed E-state index contributed by atoms with van der Waals surface area (Å²) >= 11 is 1.84. The normalized spacial score (nSPS) is 8.27. The number of pyridine rings is 1. The minimum absolute atomic E-state index is 1.13. The number of thioether (sulfide) groups is 1.